The van der Waals surface area contributed by atoms with Crippen LogP contribution in [0.1, 0.15) is 15.9 Å². The van der Waals surface area contributed by atoms with Crippen molar-refractivity contribution in [1.82, 2.24) is 0 Å². The van der Waals surface area contributed by atoms with E-state index in [0.29, 0.717) is 21.9 Å². The lowest BCUT2D eigenvalue weighted by Crippen LogP contribution is -1.98. The summed E-state index contributed by atoms with van der Waals surface area (Å²) < 4.78 is 5.47. The molecule has 0 unspecified atom stereocenters. The van der Waals surface area contributed by atoms with Crippen LogP contribution in [0.4, 0.5) is 0 Å². The molecule has 4 heteroatoms. The number of carbonyl (C=O) groups excluding carboxylic acids is 1. The zero-order chi connectivity index (χ0) is 13.4. The molecule has 0 aliphatic carbocycles. The van der Waals surface area contributed by atoms with E-state index in [2.05, 4.69) is 0 Å². The fourth-order valence-electron chi connectivity index (χ4n) is 1.91. The summed E-state index contributed by atoms with van der Waals surface area (Å²) in [5, 5.41) is 10.2. The number of benzene rings is 2. The first kappa shape index (κ1) is 11.8. The second-order valence-electron chi connectivity index (χ2n) is 4.14. The minimum atomic E-state index is -0.235. The predicted octanol–water partition coefficient (Wildman–Crippen LogP) is 3.66. The third-order valence-corrected chi connectivity index (χ3v) is 3.09. The highest BCUT2D eigenvalue weighted by molar-refractivity contribution is 6.31. The molecule has 0 saturated carbocycles. The highest BCUT2D eigenvalue weighted by Crippen LogP contribution is 2.34. The van der Waals surface area contributed by atoms with Gasteiger partial charge in [-0.2, -0.15) is 0 Å². The SMILES string of the molecule is O=C1/C(=C/c2ccccc2O)Oc2ccc(Cl)cc21. The van der Waals surface area contributed by atoms with E-state index in [1.165, 1.54) is 6.08 Å². The van der Waals surface area contributed by atoms with E-state index in [9.17, 15) is 9.90 Å². The zero-order valence-corrected chi connectivity index (χ0v) is 10.5. The number of hydrogen-bond acceptors (Lipinski definition) is 3. The van der Waals surface area contributed by atoms with E-state index in [4.69, 9.17) is 16.3 Å². The molecule has 1 N–H and O–H groups in total. The van der Waals surface area contributed by atoms with Crippen LogP contribution in [-0.4, -0.2) is 10.9 Å². The molecule has 2 aromatic rings. The van der Waals surface area contributed by atoms with Gasteiger partial charge in [-0.1, -0.05) is 29.8 Å². The third kappa shape index (κ3) is 2.09. The van der Waals surface area contributed by atoms with Gasteiger partial charge in [-0.3, -0.25) is 4.79 Å². The maximum atomic E-state index is 12.1. The molecular formula is C15H9ClO3. The zero-order valence-electron chi connectivity index (χ0n) is 9.76. The summed E-state index contributed by atoms with van der Waals surface area (Å²) in [6, 6.07) is 11.6. The van der Waals surface area contributed by atoms with Gasteiger partial charge >= 0.3 is 0 Å². The first-order valence-electron chi connectivity index (χ1n) is 5.67. The van der Waals surface area contributed by atoms with E-state index in [0.717, 1.165) is 0 Å². The molecule has 0 atom stereocenters. The smallest absolute Gasteiger partial charge is 0.232 e. The van der Waals surface area contributed by atoms with Gasteiger partial charge in [-0.05, 0) is 30.3 Å². The molecule has 3 rings (SSSR count). The number of rotatable bonds is 1. The van der Waals surface area contributed by atoms with Crippen LogP contribution in [0.15, 0.2) is 48.2 Å². The Labute approximate surface area is 114 Å². The van der Waals surface area contributed by atoms with Crippen molar-refractivity contribution in [2.24, 2.45) is 0 Å². The van der Waals surface area contributed by atoms with Crippen molar-refractivity contribution in [1.29, 1.82) is 0 Å². The molecule has 3 nitrogen and oxygen atoms in total. The van der Waals surface area contributed by atoms with Crippen LogP contribution in [0.5, 0.6) is 11.5 Å². The van der Waals surface area contributed by atoms with Crippen molar-refractivity contribution in [3.63, 3.8) is 0 Å². The van der Waals surface area contributed by atoms with Crippen LogP contribution in [-0.2, 0) is 0 Å². The molecule has 0 amide bonds. The summed E-state index contributed by atoms with van der Waals surface area (Å²) in [6.07, 6.45) is 1.52. The predicted molar refractivity (Wildman–Crippen MR) is 72.5 cm³/mol. The monoisotopic (exact) mass is 272 g/mol. The van der Waals surface area contributed by atoms with E-state index < -0.39 is 0 Å². The van der Waals surface area contributed by atoms with E-state index >= 15 is 0 Å². The van der Waals surface area contributed by atoms with Crippen LogP contribution >= 0.6 is 11.6 Å². The summed E-state index contributed by atoms with van der Waals surface area (Å²) in [7, 11) is 0. The molecule has 94 valence electrons. The average molecular weight is 273 g/mol. The number of allylic oxidation sites excluding steroid dienone is 1. The van der Waals surface area contributed by atoms with E-state index in [-0.39, 0.29) is 17.3 Å². The van der Waals surface area contributed by atoms with Gasteiger partial charge in [-0.15, -0.1) is 0 Å². The fourth-order valence-corrected chi connectivity index (χ4v) is 2.08. The molecule has 0 aromatic heterocycles. The van der Waals surface area contributed by atoms with Gasteiger partial charge in [0.2, 0.25) is 5.78 Å². The van der Waals surface area contributed by atoms with Crippen molar-refractivity contribution in [2.45, 2.75) is 0 Å². The Bertz CT molecular complexity index is 704. The quantitative estimate of drug-likeness (QED) is 0.806. The van der Waals surface area contributed by atoms with Gasteiger partial charge in [0.05, 0.1) is 5.56 Å². The molecule has 0 spiro atoms. The van der Waals surface area contributed by atoms with Crippen molar-refractivity contribution in [3.8, 4) is 11.5 Å². The maximum absolute atomic E-state index is 12.1. The summed E-state index contributed by atoms with van der Waals surface area (Å²) in [5.74, 6) is 0.524. The van der Waals surface area contributed by atoms with Gasteiger partial charge in [0.25, 0.3) is 0 Å². The molecule has 0 bridgehead atoms. The highest BCUT2D eigenvalue weighted by Gasteiger charge is 2.27. The molecule has 0 fully saturated rings. The second-order valence-corrected chi connectivity index (χ2v) is 4.58. The van der Waals surface area contributed by atoms with E-state index in [1.807, 2.05) is 0 Å². The Kier molecular flexibility index (Phi) is 2.76. The lowest BCUT2D eigenvalue weighted by molar-refractivity contribution is 0.101. The maximum Gasteiger partial charge on any atom is 0.232 e. The minimum Gasteiger partial charge on any atom is -0.507 e. The second kappa shape index (κ2) is 4.44. The first-order valence-corrected chi connectivity index (χ1v) is 6.05. The lowest BCUT2D eigenvalue weighted by Gasteiger charge is -2.00. The number of ether oxygens (including phenoxy) is 1. The number of fused-ring (bicyclic) bond motifs is 1. The number of Topliss-reactive ketones (excluding diaryl/α,β-unsaturated/α-hetero) is 1. The number of ketones is 1. The molecule has 19 heavy (non-hydrogen) atoms. The topological polar surface area (TPSA) is 46.5 Å². The Morgan fingerprint density at radius 1 is 1.16 bits per heavy atom. The molecule has 1 heterocycles. The lowest BCUT2D eigenvalue weighted by atomic mass is 10.1. The normalized spacial score (nSPS) is 15.4. The summed E-state index contributed by atoms with van der Waals surface area (Å²) in [4.78, 5) is 12.1. The highest BCUT2D eigenvalue weighted by atomic mass is 35.5. The summed E-state index contributed by atoms with van der Waals surface area (Å²) in [5.41, 5.74) is 0.971. The Morgan fingerprint density at radius 3 is 2.74 bits per heavy atom. The molecular weight excluding hydrogens is 264 g/mol. The molecule has 0 radical (unpaired) electrons. The summed E-state index contributed by atoms with van der Waals surface area (Å²) in [6.45, 7) is 0. The molecule has 0 saturated heterocycles. The Morgan fingerprint density at radius 2 is 1.95 bits per heavy atom. The van der Waals surface area contributed by atoms with Crippen molar-refractivity contribution in [2.75, 3.05) is 0 Å². The van der Waals surface area contributed by atoms with Crippen LogP contribution in [0, 0.1) is 0 Å². The summed E-state index contributed by atoms with van der Waals surface area (Å²) >= 11 is 5.85. The number of halogens is 1. The van der Waals surface area contributed by atoms with Crippen LogP contribution in [0.2, 0.25) is 5.02 Å². The number of phenolic OH excluding ortho intramolecular Hbond substituents is 1. The minimum absolute atomic E-state index is 0.0976. The largest absolute Gasteiger partial charge is 0.507 e. The van der Waals surface area contributed by atoms with Gasteiger partial charge in [-0.25, -0.2) is 0 Å². The standard InChI is InChI=1S/C15H9ClO3/c16-10-5-6-13-11(8-10)15(18)14(19-13)7-9-3-1-2-4-12(9)17/h1-8,17H/b14-7-. The first-order chi connectivity index (χ1) is 9.15. The number of phenols is 1. The third-order valence-electron chi connectivity index (χ3n) is 2.85. The number of carbonyl (C=O) groups is 1. The van der Waals surface area contributed by atoms with Crippen LogP contribution < -0.4 is 4.74 Å². The van der Waals surface area contributed by atoms with Crippen molar-refractivity contribution in [3.05, 3.63) is 64.4 Å². The van der Waals surface area contributed by atoms with Crippen LogP contribution in [0.25, 0.3) is 6.08 Å². The van der Waals surface area contributed by atoms with Gasteiger partial charge in [0.1, 0.15) is 11.5 Å². The van der Waals surface area contributed by atoms with Crippen LogP contribution in [0.3, 0.4) is 0 Å². The van der Waals surface area contributed by atoms with Gasteiger partial charge < -0.3 is 9.84 Å². The van der Waals surface area contributed by atoms with Gasteiger partial charge in [0.15, 0.2) is 5.76 Å². The van der Waals surface area contributed by atoms with Crippen molar-refractivity contribution >= 4 is 23.5 Å². The Balaban J connectivity index is 2.03. The van der Waals surface area contributed by atoms with E-state index in [1.54, 1.807) is 42.5 Å². The Hall–Kier alpha value is -2.26. The fraction of sp³-hybridized carbons (Fsp3) is 0. The molecule has 1 aliphatic rings. The number of hydrogen-bond donors (Lipinski definition) is 1. The number of para-hydroxylation sites is 1. The number of aromatic hydroxyl groups is 1. The van der Waals surface area contributed by atoms with Gasteiger partial charge in [0, 0.05) is 10.6 Å². The van der Waals surface area contributed by atoms with Crippen molar-refractivity contribution < 1.29 is 14.6 Å². The molecule has 1 aliphatic heterocycles. The average Bonchev–Trinajstić information content (AvgIpc) is 2.70. The molecule has 2 aromatic carbocycles.